The number of ketones is 1. The van der Waals surface area contributed by atoms with Crippen molar-refractivity contribution in [3.05, 3.63) is 82.4 Å². The number of aromatic nitrogens is 1. The van der Waals surface area contributed by atoms with Gasteiger partial charge in [-0.15, -0.1) is 0 Å². The van der Waals surface area contributed by atoms with E-state index in [1.165, 1.54) is 16.4 Å². The highest BCUT2D eigenvalue weighted by atomic mass is 32.2. The number of hydrogen-bond acceptors (Lipinski definition) is 4. The van der Waals surface area contributed by atoms with E-state index >= 15 is 0 Å². The van der Waals surface area contributed by atoms with E-state index < -0.39 is 10.0 Å². The Morgan fingerprint density at radius 1 is 0.882 bits per heavy atom. The van der Waals surface area contributed by atoms with E-state index in [4.69, 9.17) is 0 Å². The van der Waals surface area contributed by atoms with Gasteiger partial charge in [0.15, 0.2) is 5.78 Å². The number of hydrogen-bond donors (Lipinski definition) is 0. The van der Waals surface area contributed by atoms with E-state index in [1.54, 1.807) is 24.3 Å². The molecule has 1 aliphatic rings. The van der Waals surface area contributed by atoms with Crippen molar-refractivity contribution < 1.29 is 17.6 Å². The number of benzene rings is 2. The fraction of sp³-hybridized carbons (Fsp3) is 0.346. The monoisotopic (exact) mass is 483 g/mol. The molecule has 1 saturated heterocycles. The third kappa shape index (κ3) is 4.71. The van der Waals surface area contributed by atoms with Gasteiger partial charge in [0.1, 0.15) is 5.82 Å². The number of Topliss-reactive ketones (excluding diaryl/α,β-unsaturated/α-hetero) is 1. The van der Waals surface area contributed by atoms with Gasteiger partial charge in [-0.3, -0.25) is 9.69 Å². The average Bonchev–Trinajstić information content (AvgIpc) is 3.10. The van der Waals surface area contributed by atoms with Gasteiger partial charge < -0.3 is 4.57 Å². The quantitative estimate of drug-likeness (QED) is 0.497. The molecular formula is C26H30FN3O3S. The van der Waals surface area contributed by atoms with Gasteiger partial charge in [0, 0.05) is 48.8 Å². The maximum Gasteiger partial charge on any atom is 0.243 e. The molecule has 6 nitrogen and oxygen atoms in total. The summed E-state index contributed by atoms with van der Waals surface area (Å²) in [6.45, 7) is 9.57. The number of halogens is 1. The number of piperazine rings is 1. The summed E-state index contributed by atoms with van der Waals surface area (Å²) in [5.74, 6) is -0.312. The number of carbonyl (C=O) groups is 1. The smallest absolute Gasteiger partial charge is 0.243 e. The minimum absolute atomic E-state index is 0.00747. The Morgan fingerprint density at radius 2 is 1.53 bits per heavy atom. The molecule has 0 N–H and O–H groups in total. The second-order valence-electron chi connectivity index (χ2n) is 8.95. The van der Waals surface area contributed by atoms with Gasteiger partial charge >= 0.3 is 0 Å². The first kappa shape index (κ1) is 24.3. The van der Waals surface area contributed by atoms with Gasteiger partial charge in [-0.05, 0) is 81.3 Å². The van der Waals surface area contributed by atoms with Gasteiger partial charge in [0.25, 0.3) is 0 Å². The highest BCUT2D eigenvalue weighted by Crippen LogP contribution is 2.23. The number of carbonyl (C=O) groups excluding carboxylic acids is 1. The maximum absolute atomic E-state index is 13.3. The lowest BCUT2D eigenvalue weighted by atomic mass is 10.1. The standard InChI is InChI=1S/C26H30FN3O3S/c1-18-5-10-24(15-19(18)2)34(32,33)29-13-11-28(12-14-29)17-26(31)25-16-20(3)30(21(25)4)23-8-6-22(27)7-9-23/h5-10,15-16H,11-14,17H2,1-4H3. The van der Waals surface area contributed by atoms with Gasteiger partial charge in [0.05, 0.1) is 11.4 Å². The van der Waals surface area contributed by atoms with Gasteiger partial charge in [-0.2, -0.15) is 4.31 Å². The average molecular weight is 484 g/mol. The van der Waals surface area contributed by atoms with Crippen molar-refractivity contribution >= 4 is 15.8 Å². The summed E-state index contributed by atoms with van der Waals surface area (Å²) in [4.78, 5) is 15.4. The zero-order chi connectivity index (χ0) is 24.6. The second-order valence-corrected chi connectivity index (χ2v) is 10.9. The molecule has 2 heterocycles. The zero-order valence-corrected chi connectivity index (χ0v) is 20.8. The first-order valence-electron chi connectivity index (χ1n) is 11.4. The molecule has 180 valence electrons. The van der Waals surface area contributed by atoms with Crippen LogP contribution in [-0.2, 0) is 10.0 Å². The van der Waals surface area contributed by atoms with E-state index in [-0.39, 0.29) is 18.1 Å². The third-order valence-electron chi connectivity index (χ3n) is 6.63. The summed E-state index contributed by atoms with van der Waals surface area (Å²) in [7, 11) is -3.56. The topological polar surface area (TPSA) is 62.6 Å². The fourth-order valence-electron chi connectivity index (χ4n) is 4.47. The van der Waals surface area contributed by atoms with Crippen molar-refractivity contribution in [3.8, 4) is 5.69 Å². The molecule has 0 unspecified atom stereocenters. The maximum atomic E-state index is 13.3. The molecule has 0 spiro atoms. The van der Waals surface area contributed by atoms with Crippen LogP contribution in [0.5, 0.6) is 0 Å². The van der Waals surface area contributed by atoms with Crippen LogP contribution in [0, 0.1) is 33.5 Å². The second kappa shape index (κ2) is 9.44. The SMILES string of the molecule is Cc1ccc(S(=O)(=O)N2CCN(CC(=O)c3cc(C)n(-c4ccc(F)cc4)c3C)CC2)cc1C. The fourth-order valence-corrected chi connectivity index (χ4v) is 5.98. The van der Waals surface area contributed by atoms with Crippen molar-refractivity contribution in [2.75, 3.05) is 32.7 Å². The minimum atomic E-state index is -3.56. The molecule has 8 heteroatoms. The Bertz CT molecular complexity index is 1320. The van der Waals surface area contributed by atoms with Crippen LogP contribution >= 0.6 is 0 Å². The normalized spacial score (nSPS) is 15.6. The highest BCUT2D eigenvalue weighted by molar-refractivity contribution is 7.89. The molecule has 0 amide bonds. The van der Waals surface area contributed by atoms with Gasteiger partial charge in [-0.1, -0.05) is 6.07 Å². The third-order valence-corrected chi connectivity index (χ3v) is 8.53. The van der Waals surface area contributed by atoms with Crippen LogP contribution in [-0.4, -0.2) is 60.7 Å². The Hall–Kier alpha value is -2.81. The van der Waals surface area contributed by atoms with Gasteiger partial charge in [0.2, 0.25) is 10.0 Å². The molecule has 1 aliphatic heterocycles. The van der Waals surface area contributed by atoms with Crippen molar-refractivity contribution in [3.63, 3.8) is 0 Å². The van der Waals surface area contributed by atoms with Crippen LogP contribution < -0.4 is 0 Å². The van der Waals surface area contributed by atoms with Crippen LogP contribution in [0.2, 0.25) is 0 Å². The number of sulfonamides is 1. The van der Waals surface area contributed by atoms with Crippen LogP contribution in [0.4, 0.5) is 4.39 Å². The Labute approximate surface area is 200 Å². The number of aryl methyl sites for hydroxylation is 3. The lowest BCUT2D eigenvalue weighted by molar-refractivity contribution is 0.0901. The molecule has 0 atom stereocenters. The molecule has 4 rings (SSSR count). The molecule has 2 aromatic carbocycles. The zero-order valence-electron chi connectivity index (χ0n) is 20.0. The lowest BCUT2D eigenvalue weighted by Gasteiger charge is -2.33. The minimum Gasteiger partial charge on any atom is -0.318 e. The highest BCUT2D eigenvalue weighted by Gasteiger charge is 2.30. The van der Waals surface area contributed by atoms with E-state index in [0.29, 0.717) is 36.6 Å². The Kier molecular flexibility index (Phi) is 6.75. The van der Waals surface area contributed by atoms with Crippen molar-refractivity contribution in [2.24, 2.45) is 0 Å². The van der Waals surface area contributed by atoms with E-state index in [2.05, 4.69) is 0 Å². The summed E-state index contributed by atoms with van der Waals surface area (Å²) in [6, 6.07) is 13.3. The predicted octanol–water partition coefficient (Wildman–Crippen LogP) is 4.04. The summed E-state index contributed by atoms with van der Waals surface area (Å²) in [5, 5.41) is 0. The van der Waals surface area contributed by atoms with Crippen molar-refractivity contribution in [2.45, 2.75) is 32.6 Å². The summed E-state index contributed by atoms with van der Waals surface area (Å²) in [5.41, 5.74) is 5.15. The molecule has 0 aliphatic carbocycles. The summed E-state index contributed by atoms with van der Waals surface area (Å²) >= 11 is 0. The molecule has 34 heavy (non-hydrogen) atoms. The van der Waals surface area contributed by atoms with Crippen LogP contribution in [0.15, 0.2) is 53.4 Å². The Balaban J connectivity index is 1.43. The number of rotatable bonds is 6. The van der Waals surface area contributed by atoms with Crippen LogP contribution in [0.1, 0.15) is 32.9 Å². The molecule has 3 aromatic rings. The molecular weight excluding hydrogens is 453 g/mol. The molecule has 0 bridgehead atoms. The lowest BCUT2D eigenvalue weighted by Crippen LogP contribution is -2.49. The Morgan fingerprint density at radius 3 is 2.15 bits per heavy atom. The van der Waals surface area contributed by atoms with Crippen molar-refractivity contribution in [1.82, 2.24) is 13.8 Å². The largest absolute Gasteiger partial charge is 0.318 e. The molecule has 1 aromatic heterocycles. The van der Waals surface area contributed by atoms with Crippen molar-refractivity contribution in [1.29, 1.82) is 0 Å². The van der Waals surface area contributed by atoms with Crippen LogP contribution in [0.25, 0.3) is 5.69 Å². The summed E-state index contributed by atoms with van der Waals surface area (Å²) in [6.07, 6.45) is 0. The molecule has 0 radical (unpaired) electrons. The number of nitrogens with zero attached hydrogens (tertiary/aromatic N) is 3. The predicted molar refractivity (Wildman–Crippen MR) is 131 cm³/mol. The van der Waals surface area contributed by atoms with E-state index in [1.807, 2.05) is 49.3 Å². The first-order chi connectivity index (χ1) is 16.1. The molecule has 1 fully saturated rings. The first-order valence-corrected chi connectivity index (χ1v) is 12.8. The van der Waals surface area contributed by atoms with Gasteiger partial charge in [-0.25, -0.2) is 12.8 Å². The molecule has 0 saturated carbocycles. The summed E-state index contributed by atoms with van der Waals surface area (Å²) < 4.78 is 42.9. The van der Waals surface area contributed by atoms with Crippen LogP contribution in [0.3, 0.4) is 0 Å². The van der Waals surface area contributed by atoms with E-state index in [0.717, 1.165) is 28.2 Å². The van der Waals surface area contributed by atoms with E-state index in [9.17, 15) is 17.6 Å².